The van der Waals surface area contributed by atoms with Crippen molar-refractivity contribution in [3.63, 3.8) is 0 Å². The number of hydrogen-bond acceptors (Lipinski definition) is 4. The molecule has 0 fully saturated rings. The van der Waals surface area contributed by atoms with Gasteiger partial charge in [0.2, 0.25) is 0 Å². The van der Waals surface area contributed by atoms with Crippen LogP contribution in [0, 0.1) is 0 Å². The zero-order valence-corrected chi connectivity index (χ0v) is 21.8. The number of aromatic nitrogens is 1. The average Bonchev–Trinajstić information content (AvgIpc) is 3.10. The number of halogens is 3. The lowest BCUT2D eigenvalue weighted by atomic mass is 10.1. The SMILES string of the molecule is CN(C)CCOc1c(-c2ccccc2)n(S(=O)(=O)c2ccc(Cl)cc2)c2c(Br)cc(Cl)cc12. The van der Waals surface area contributed by atoms with Gasteiger partial charge in [-0.3, -0.25) is 0 Å². The minimum Gasteiger partial charge on any atom is -0.489 e. The van der Waals surface area contributed by atoms with E-state index in [-0.39, 0.29) is 4.90 Å². The van der Waals surface area contributed by atoms with Crippen molar-refractivity contribution in [3.05, 3.63) is 81.2 Å². The van der Waals surface area contributed by atoms with Gasteiger partial charge in [-0.05, 0) is 66.4 Å². The van der Waals surface area contributed by atoms with Gasteiger partial charge in [-0.15, -0.1) is 0 Å². The second-order valence-corrected chi connectivity index (χ2v) is 11.2. The highest BCUT2D eigenvalue weighted by atomic mass is 79.9. The van der Waals surface area contributed by atoms with Crippen LogP contribution in [0.15, 0.2) is 76.1 Å². The fourth-order valence-electron chi connectivity index (χ4n) is 3.55. The van der Waals surface area contributed by atoms with Crippen molar-refractivity contribution >= 4 is 60.1 Å². The van der Waals surface area contributed by atoms with Crippen LogP contribution in [-0.2, 0) is 10.0 Å². The van der Waals surface area contributed by atoms with Crippen LogP contribution >= 0.6 is 39.1 Å². The first kappa shape index (κ1) is 24.1. The molecule has 0 saturated heterocycles. The van der Waals surface area contributed by atoms with Crippen LogP contribution in [0.25, 0.3) is 22.2 Å². The Morgan fingerprint density at radius 2 is 1.64 bits per heavy atom. The third-order valence-corrected chi connectivity index (χ3v) is 7.87. The molecule has 5 nitrogen and oxygen atoms in total. The van der Waals surface area contributed by atoms with Gasteiger partial charge in [-0.2, -0.15) is 0 Å². The van der Waals surface area contributed by atoms with Crippen LogP contribution in [0.5, 0.6) is 5.75 Å². The maximum atomic E-state index is 14.0. The molecule has 4 aromatic rings. The third-order valence-electron chi connectivity index (χ3n) is 5.08. The molecular weight excluding hydrogens is 547 g/mol. The summed E-state index contributed by atoms with van der Waals surface area (Å²) >= 11 is 15.9. The van der Waals surface area contributed by atoms with E-state index in [1.165, 1.54) is 16.1 Å². The van der Waals surface area contributed by atoms with Crippen molar-refractivity contribution in [3.8, 4) is 17.0 Å². The van der Waals surface area contributed by atoms with E-state index >= 15 is 0 Å². The van der Waals surface area contributed by atoms with E-state index in [1.807, 2.05) is 49.3 Å². The normalized spacial score (nSPS) is 11.9. The predicted molar refractivity (Wildman–Crippen MR) is 138 cm³/mol. The molecule has 33 heavy (non-hydrogen) atoms. The van der Waals surface area contributed by atoms with Crippen LogP contribution in [0.1, 0.15) is 0 Å². The molecule has 4 rings (SSSR count). The van der Waals surface area contributed by atoms with Gasteiger partial charge in [0.25, 0.3) is 10.0 Å². The minimum atomic E-state index is -4.02. The van der Waals surface area contributed by atoms with Gasteiger partial charge >= 0.3 is 0 Å². The maximum Gasteiger partial charge on any atom is 0.268 e. The molecule has 0 aliphatic rings. The highest BCUT2D eigenvalue weighted by Gasteiger charge is 2.30. The molecule has 0 amide bonds. The lowest BCUT2D eigenvalue weighted by molar-refractivity contribution is 0.264. The standard InChI is InChI=1S/C24H21BrCl2N2O3S/c1-28(2)12-13-32-24-20-14-18(27)15-21(25)23(20)29(22(24)16-6-4-3-5-7-16)33(30,31)19-10-8-17(26)9-11-19/h3-11,14-15H,12-13H2,1-2H3. The summed E-state index contributed by atoms with van der Waals surface area (Å²) in [5.74, 6) is 0.457. The molecule has 172 valence electrons. The van der Waals surface area contributed by atoms with Crippen LogP contribution in [-0.4, -0.2) is 44.5 Å². The van der Waals surface area contributed by atoms with Crippen molar-refractivity contribution in [2.75, 3.05) is 27.2 Å². The number of fused-ring (bicyclic) bond motifs is 1. The third kappa shape index (κ3) is 4.79. The van der Waals surface area contributed by atoms with Gasteiger partial charge in [-0.25, -0.2) is 12.4 Å². The monoisotopic (exact) mass is 566 g/mol. The molecule has 0 radical (unpaired) electrons. The minimum absolute atomic E-state index is 0.114. The molecule has 0 N–H and O–H groups in total. The molecule has 0 spiro atoms. The number of ether oxygens (including phenoxy) is 1. The Hall–Kier alpha value is -2.03. The molecule has 0 aliphatic carbocycles. The van der Waals surface area contributed by atoms with Gasteiger partial charge in [0.05, 0.1) is 10.4 Å². The van der Waals surface area contributed by atoms with Crippen molar-refractivity contribution in [2.24, 2.45) is 0 Å². The molecule has 0 atom stereocenters. The summed E-state index contributed by atoms with van der Waals surface area (Å²) in [7, 11) is -0.127. The predicted octanol–water partition coefficient (Wildman–Crippen LogP) is 6.56. The fourth-order valence-corrected chi connectivity index (χ4v) is 6.34. The quantitative estimate of drug-likeness (QED) is 0.254. The van der Waals surface area contributed by atoms with E-state index < -0.39 is 10.0 Å². The van der Waals surface area contributed by atoms with E-state index in [1.54, 1.807) is 24.3 Å². The van der Waals surface area contributed by atoms with Crippen LogP contribution < -0.4 is 4.74 Å². The summed E-state index contributed by atoms with van der Waals surface area (Å²) in [6, 6.07) is 18.8. The first-order chi connectivity index (χ1) is 15.7. The smallest absolute Gasteiger partial charge is 0.268 e. The van der Waals surface area contributed by atoms with Crippen LogP contribution in [0.3, 0.4) is 0 Å². The Bertz CT molecular complexity index is 1400. The molecule has 9 heteroatoms. The molecular formula is C24H21BrCl2N2O3S. The Morgan fingerprint density at radius 1 is 0.970 bits per heavy atom. The summed E-state index contributed by atoms with van der Waals surface area (Å²) in [4.78, 5) is 2.11. The molecule has 1 heterocycles. The van der Waals surface area contributed by atoms with E-state index in [0.717, 1.165) is 0 Å². The van der Waals surface area contributed by atoms with Gasteiger partial charge in [0.15, 0.2) is 5.75 Å². The number of rotatable bonds is 7. The van der Waals surface area contributed by atoms with Crippen LogP contribution in [0.4, 0.5) is 0 Å². The lowest BCUT2D eigenvalue weighted by Crippen LogP contribution is -2.19. The molecule has 0 saturated carbocycles. The number of hydrogen-bond donors (Lipinski definition) is 0. The zero-order valence-electron chi connectivity index (χ0n) is 17.9. The first-order valence-corrected chi connectivity index (χ1v) is 13.1. The molecule has 1 aromatic heterocycles. The molecule has 0 unspecified atom stereocenters. The molecule has 0 bridgehead atoms. The van der Waals surface area contributed by atoms with Crippen molar-refractivity contribution in [2.45, 2.75) is 4.90 Å². The molecule has 0 aliphatic heterocycles. The summed E-state index contributed by atoms with van der Waals surface area (Å²) in [6.45, 7) is 1.03. The summed E-state index contributed by atoms with van der Waals surface area (Å²) in [6.07, 6.45) is 0. The van der Waals surface area contributed by atoms with E-state index in [9.17, 15) is 8.42 Å². The van der Waals surface area contributed by atoms with Crippen molar-refractivity contribution in [1.82, 2.24) is 8.87 Å². The van der Waals surface area contributed by atoms with Crippen molar-refractivity contribution in [1.29, 1.82) is 0 Å². The second-order valence-electron chi connectivity index (χ2n) is 7.70. The fraction of sp³-hybridized carbons (Fsp3) is 0.167. The Kier molecular flexibility index (Phi) is 7.07. The van der Waals surface area contributed by atoms with Gasteiger partial charge < -0.3 is 9.64 Å². The molecule has 3 aromatic carbocycles. The topological polar surface area (TPSA) is 51.5 Å². The summed E-state index contributed by atoms with van der Waals surface area (Å²) < 4.78 is 36.1. The largest absolute Gasteiger partial charge is 0.489 e. The average molecular weight is 568 g/mol. The number of nitrogens with zero attached hydrogens (tertiary/aromatic N) is 2. The Balaban J connectivity index is 2.09. The summed E-state index contributed by atoms with van der Waals surface area (Å²) in [5.41, 5.74) is 1.59. The Labute approximate surface area is 211 Å². The van der Waals surface area contributed by atoms with Crippen molar-refractivity contribution < 1.29 is 13.2 Å². The maximum absolute atomic E-state index is 14.0. The number of likely N-dealkylation sites (N-methyl/N-ethyl adjacent to an activating group) is 1. The van der Waals surface area contributed by atoms with Gasteiger partial charge in [0.1, 0.15) is 12.3 Å². The zero-order chi connectivity index (χ0) is 23.8. The first-order valence-electron chi connectivity index (χ1n) is 10.1. The summed E-state index contributed by atoms with van der Waals surface area (Å²) in [5, 5.41) is 1.52. The van der Waals surface area contributed by atoms with E-state index in [2.05, 4.69) is 15.9 Å². The van der Waals surface area contributed by atoms with E-state index in [0.29, 0.717) is 55.6 Å². The van der Waals surface area contributed by atoms with E-state index in [4.69, 9.17) is 27.9 Å². The second kappa shape index (κ2) is 9.68. The Morgan fingerprint density at radius 3 is 2.27 bits per heavy atom. The van der Waals surface area contributed by atoms with Crippen LogP contribution in [0.2, 0.25) is 10.0 Å². The number of benzene rings is 3. The van der Waals surface area contributed by atoms with Gasteiger partial charge in [0, 0.05) is 32.0 Å². The highest BCUT2D eigenvalue weighted by molar-refractivity contribution is 9.10. The highest BCUT2D eigenvalue weighted by Crippen LogP contribution is 2.45. The van der Waals surface area contributed by atoms with Gasteiger partial charge in [-0.1, -0.05) is 53.5 Å². The lowest BCUT2D eigenvalue weighted by Gasteiger charge is -2.15.